The molecule has 2 aromatic carbocycles. The Kier molecular flexibility index (Phi) is 6.72. The van der Waals surface area contributed by atoms with E-state index in [9.17, 15) is 27.5 Å². The van der Waals surface area contributed by atoms with E-state index in [0.29, 0.717) is 11.4 Å². The molecule has 6 nitrogen and oxygen atoms in total. The Balaban J connectivity index is 2.06. The predicted octanol–water partition coefficient (Wildman–Crippen LogP) is 5.38. The molecule has 0 radical (unpaired) electrons. The second kappa shape index (κ2) is 9.44. The van der Waals surface area contributed by atoms with Gasteiger partial charge in [-0.3, -0.25) is 4.98 Å². The summed E-state index contributed by atoms with van der Waals surface area (Å²) in [7, 11) is 0. The molecule has 1 aromatic heterocycles. The van der Waals surface area contributed by atoms with Crippen molar-refractivity contribution in [3.05, 3.63) is 64.6 Å². The molecule has 0 amide bonds. The number of thiazole rings is 1. The van der Waals surface area contributed by atoms with Crippen LogP contribution in [-0.2, 0) is 6.54 Å². The monoisotopic (exact) mass is 442 g/mol. The summed E-state index contributed by atoms with van der Waals surface area (Å²) in [6.45, 7) is -6.27. The lowest BCUT2D eigenvalue weighted by Gasteiger charge is -2.26. The third-order valence-electron chi connectivity index (χ3n) is 3.87. The molecule has 0 saturated carbocycles. The largest absolute Gasteiger partial charge is 0.478 e. The maximum absolute atomic E-state index is 12.8. The van der Waals surface area contributed by atoms with Crippen LogP contribution in [0.2, 0.25) is 0 Å². The minimum atomic E-state index is -3.26. The summed E-state index contributed by atoms with van der Waals surface area (Å²) in [4.78, 5) is 17.7. The fraction of sp³-hybridized carbons (Fsp3) is 0.158. The molecule has 3 aromatic rings. The fourth-order valence-electron chi connectivity index (χ4n) is 2.66. The van der Waals surface area contributed by atoms with Crippen LogP contribution in [0.4, 0.5) is 28.9 Å². The van der Waals surface area contributed by atoms with E-state index in [4.69, 9.17) is 0 Å². The van der Waals surface area contributed by atoms with Gasteiger partial charge in [0.25, 0.3) is 0 Å². The Morgan fingerprint density at radius 3 is 2.37 bits per heavy atom. The maximum Gasteiger partial charge on any atom is 0.387 e. The van der Waals surface area contributed by atoms with Gasteiger partial charge in [0, 0.05) is 28.5 Å². The lowest BCUT2D eigenvalue weighted by atomic mass is 10.1. The number of anilines is 2. The number of ether oxygens (including phenoxy) is 2. The molecule has 0 bridgehead atoms. The summed E-state index contributed by atoms with van der Waals surface area (Å²) in [5.41, 5.74) is 2.35. The van der Waals surface area contributed by atoms with Crippen molar-refractivity contribution in [1.82, 2.24) is 4.98 Å². The lowest BCUT2D eigenvalue weighted by Crippen LogP contribution is -2.17. The zero-order valence-corrected chi connectivity index (χ0v) is 15.9. The van der Waals surface area contributed by atoms with Gasteiger partial charge < -0.3 is 19.5 Å². The normalized spacial score (nSPS) is 11.0. The number of aromatic carboxylic acids is 1. The Labute approximate surface area is 171 Å². The van der Waals surface area contributed by atoms with Gasteiger partial charge in [-0.05, 0) is 30.3 Å². The summed E-state index contributed by atoms with van der Waals surface area (Å²) in [6.07, 6.45) is 1.60. The number of hydrogen-bond acceptors (Lipinski definition) is 6. The van der Waals surface area contributed by atoms with Crippen molar-refractivity contribution < 1.29 is 36.9 Å². The van der Waals surface area contributed by atoms with E-state index in [-0.39, 0.29) is 12.1 Å². The summed E-state index contributed by atoms with van der Waals surface area (Å²) in [5, 5.41) is 9.26. The summed E-state index contributed by atoms with van der Waals surface area (Å²) < 4.78 is 59.4. The van der Waals surface area contributed by atoms with Gasteiger partial charge in [0.05, 0.1) is 17.6 Å². The average molecular weight is 442 g/mol. The minimum absolute atomic E-state index is 0.0171. The van der Waals surface area contributed by atoms with Crippen molar-refractivity contribution in [1.29, 1.82) is 0 Å². The number of carbonyl (C=O) groups is 1. The topological polar surface area (TPSA) is 71.9 Å². The van der Waals surface area contributed by atoms with Crippen LogP contribution in [0.25, 0.3) is 0 Å². The van der Waals surface area contributed by atoms with Crippen molar-refractivity contribution in [2.45, 2.75) is 19.8 Å². The molecule has 0 aliphatic carbocycles. The molecule has 0 aliphatic rings. The zero-order chi connectivity index (χ0) is 21.7. The van der Waals surface area contributed by atoms with Gasteiger partial charge in [-0.2, -0.15) is 17.6 Å². The van der Waals surface area contributed by atoms with E-state index in [1.807, 2.05) is 0 Å². The van der Waals surface area contributed by atoms with Crippen molar-refractivity contribution in [3.63, 3.8) is 0 Å². The first-order valence-electron chi connectivity index (χ1n) is 8.35. The summed E-state index contributed by atoms with van der Waals surface area (Å²) in [5.74, 6) is -2.27. The summed E-state index contributed by atoms with van der Waals surface area (Å²) in [6, 6.07) is 9.55. The van der Waals surface area contributed by atoms with Crippen LogP contribution < -0.4 is 14.4 Å². The van der Waals surface area contributed by atoms with Crippen molar-refractivity contribution in [2.75, 3.05) is 4.90 Å². The first-order chi connectivity index (χ1) is 14.3. The molecule has 3 rings (SSSR count). The number of benzene rings is 2. The number of rotatable bonds is 9. The third kappa shape index (κ3) is 5.38. The van der Waals surface area contributed by atoms with Gasteiger partial charge in [0.1, 0.15) is 0 Å². The van der Waals surface area contributed by atoms with E-state index in [1.165, 1.54) is 35.6 Å². The molecule has 1 N–H and O–H groups in total. The molecule has 0 saturated heterocycles. The van der Waals surface area contributed by atoms with Crippen molar-refractivity contribution in [2.24, 2.45) is 0 Å². The number of nitrogens with zero attached hydrogens (tertiary/aromatic N) is 2. The quantitative estimate of drug-likeness (QED) is 0.449. The minimum Gasteiger partial charge on any atom is -0.478 e. The molecule has 0 spiro atoms. The molecule has 158 valence electrons. The maximum atomic E-state index is 12.8. The first-order valence-corrected chi connectivity index (χ1v) is 9.23. The van der Waals surface area contributed by atoms with E-state index in [1.54, 1.807) is 22.7 Å². The van der Waals surface area contributed by atoms with Crippen LogP contribution in [0.3, 0.4) is 0 Å². The Morgan fingerprint density at radius 1 is 1.03 bits per heavy atom. The molecule has 0 atom stereocenters. The SMILES string of the molecule is O=C(O)c1cccc(N(Cc2cncs2)c2ccc(OC(F)F)c(OC(F)F)c2)c1. The Bertz CT molecular complexity index is 1000. The number of halogens is 4. The lowest BCUT2D eigenvalue weighted by molar-refractivity contribution is -0.0692. The third-order valence-corrected chi connectivity index (χ3v) is 4.64. The molecule has 30 heavy (non-hydrogen) atoms. The van der Waals surface area contributed by atoms with E-state index in [0.717, 1.165) is 17.0 Å². The average Bonchev–Trinajstić information content (AvgIpc) is 3.20. The van der Waals surface area contributed by atoms with Crippen molar-refractivity contribution >= 4 is 28.7 Å². The second-order valence-corrected chi connectivity index (χ2v) is 6.77. The summed E-state index contributed by atoms with van der Waals surface area (Å²) >= 11 is 1.33. The molecule has 11 heteroatoms. The van der Waals surface area contributed by atoms with Gasteiger partial charge >= 0.3 is 19.2 Å². The molecule has 1 heterocycles. The van der Waals surface area contributed by atoms with Crippen LogP contribution in [0.5, 0.6) is 11.5 Å². The Hall–Kier alpha value is -3.34. The number of hydrogen-bond donors (Lipinski definition) is 1. The van der Waals surface area contributed by atoms with E-state index < -0.39 is 30.7 Å². The highest BCUT2D eigenvalue weighted by molar-refractivity contribution is 7.09. The van der Waals surface area contributed by atoms with Gasteiger partial charge in [0.15, 0.2) is 11.5 Å². The van der Waals surface area contributed by atoms with Crippen molar-refractivity contribution in [3.8, 4) is 11.5 Å². The second-order valence-electron chi connectivity index (χ2n) is 5.80. The first kappa shape index (κ1) is 21.4. The van der Waals surface area contributed by atoms with Gasteiger partial charge in [-0.1, -0.05) is 6.07 Å². The molecular weight excluding hydrogens is 428 g/mol. The van der Waals surface area contributed by atoms with Gasteiger partial charge in [-0.15, -0.1) is 11.3 Å². The predicted molar refractivity (Wildman–Crippen MR) is 101 cm³/mol. The van der Waals surface area contributed by atoms with Crippen LogP contribution in [-0.4, -0.2) is 29.3 Å². The van der Waals surface area contributed by atoms with E-state index >= 15 is 0 Å². The molecular formula is C19H14F4N2O4S. The van der Waals surface area contributed by atoms with Crippen LogP contribution >= 0.6 is 11.3 Å². The van der Waals surface area contributed by atoms with E-state index in [2.05, 4.69) is 14.5 Å². The highest BCUT2D eigenvalue weighted by Crippen LogP contribution is 2.37. The number of carboxylic acid groups (broad SMARTS) is 1. The smallest absolute Gasteiger partial charge is 0.387 e. The van der Waals surface area contributed by atoms with Crippen LogP contribution in [0, 0.1) is 0 Å². The molecule has 0 unspecified atom stereocenters. The number of aromatic nitrogens is 1. The highest BCUT2D eigenvalue weighted by Gasteiger charge is 2.19. The molecule has 0 fully saturated rings. The molecule has 0 aliphatic heterocycles. The zero-order valence-electron chi connectivity index (χ0n) is 15.0. The standard InChI is InChI=1S/C19H14F4N2O4S/c20-18(21)28-15-5-4-13(7-16(15)29-19(22)23)25(9-14-8-24-10-30-14)12-3-1-2-11(6-12)17(26)27/h1-8,10,18-19H,9H2,(H,26,27). The van der Waals surface area contributed by atoms with Gasteiger partial charge in [0.2, 0.25) is 0 Å². The van der Waals surface area contributed by atoms with Crippen LogP contribution in [0.1, 0.15) is 15.2 Å². The van der Waals surface area contributed by atoms with Crippen LogP contribution in [0.15, 0.2) is 54.2 Å². The van der Waals surface area contributed by atoms with Gasteiger partial charge in [-0.25, -0.2) is 4.79 Å². The fourth-order valence-corrected chi connectivity index (χ4v) is 3.24. The Morgan fingerprint density at radius 2 is 1.73 bits per heavy atom. The number of carboxylic acids is 1. The highest BCUT2D eigenvalue weighted by atomic mass is 32.1. The number of alkyl halides is 4.